The number of ketones is 1. The molecule has 1 aromatic heterocycles. The van der Waals surface area contributed by atoms with Crippen molar-refractivity contribution in [2.24, 2.45) is 5.92 Å². The highest BCUT2D eigenvalue weighted by Gasteiger charge is 2.29. The molecule has 0 saturated heterocycles. The molecular weight excluding hydrogens is 256 g/mol. The van der Waals surface area contributed by atoms with E-state index in [1.807, 2.05) is 24.3 Å². The predicted octanol–water partition coefficient (Wildman–Crippen LogP) is 1.92. The Bertz CT molecular complexity index is 643. The van der Waals surface area contributed by atoms with E-state index in [-0.39, 0.29) is 23.3 Å². The summed E-state index contributed by atoms with van der Waals surface area (Å²) >= 11 is 0. The largest absolute Gasteiger partial charge is 0.493 e. The highest BCUT2D eigenvalue weighted by Crippen LogP contribution is 2.29. The Balaban J connectivity index is 1.86. The molecule has 0 spiro atoms. The zero-order valence-corrected chi connectivity index (χ0v) is 11.1. The molecule has 2 aromatic rings. The van der Waals surface area contributed by atoms with Gasteiger partial charge in [0, 0.05) is 12.4 Å². The number of aromatic nitrogens is 2. The molecule has 3 rings (SSSR count). The Morgan fingerprint density at radius 1 is 1.30 bits per heavy atom. The lowest BCUT2D eigenvalue weighted by atomic mass is 9.92. The molecule has 0 aliphatic carbocycles. The monoisotopic (exact) mass is 270 g/mol. The number of carbonyl (C=O) groups excluding carboxylic acids is 1. The Kier molecular flexibility index (Phi) is 3.33. The number of fused-ring (bicyclic) bond motifs is 1. The molecule has 1 unspecified atom stereocenters. The summed E-state index contributed by atoms with van der Waals surface area (Å²) in [6, 6.07) is 7.76. The molecule has 1 atom stereocenters. The third-order valence-corrected chi connectivity index (χ3v) is 3.34. The van der Waals surface area contributed by atoms with Gasteiger partial charge in [0.15, 0.2) is 11.5 Å². The number of nitrogens with zero attached hydrogens (tertiary/aromatic N) is 2. The minimum Gasteiger partial charge on any atom is -0.493 e. The SMILES string of the molecule is COc1nccnc1C(=O)C1COc2ccccc2C1. The van der Waals surface area contributed by atoms with Gasteiger partial charge in [-0.25, -0.2) is 9.97 Å². The first-order chi connectivity index (χ1) is 9.79. The van der Waals surface area contributed by atoms with Gasteiger partial charge in [0.25, 0.3) is 0 Å². The molecule has 1 aliphatic rings. The van der Waals surface area contributed by atoms with Crippen molar-refractivity contribution in [2.45, 2.75) is 6.42 Å². The molecule has 20 heavy (non-hydrogen) atoms. The van der Waals surface area contributed by atoms with Gasteiger partial charge < -0.3 is 9.47 Å². The minimum absolute atomic E-state index is 0.0931. The number of Topliss-reactive ketones (excluding diaryl/α,β-unsaturated/α-hetero) is 1. The van der Waals surface area contributed by atoms with Crippen molar-refractivity contribution in [3.05, 3.63) is 47.9 Å². The van der Waals surface area contributed by atoms with Crippen LogP contribution in [-0.4, -0.2) is 29.5 Å². The molecule has 0 N–H and O–H groups in total. The van der Waals surface area contributed by atoms with Crippen LogP contribution in [0, 0.1) is 5.92 Å². The third-order valence-electron chi connectivity index (χ3n) is 3.34. The summed E-state index contributed by atoms with van der Waals surface area (Å²) in [5.41, 5.74) is 1.31. The Hall–Kier alpha value is -2.43. The summed E-state index contributed by atoms with van der Waals surface area (Å²) < 4.78 is 10.7. The lowest BCUT2D eigenvalue weighted by molar-refractivity contribution is 0.0845. The van der Waals surface area contributed by atoms with E-state index in [0.29, 0.717) is 13.0 Å². The van der Waals surface area contributed by atoms with Gasteiger partial charge in [-0.05, 0) is 18.1 Å². The van der Waals surface area contributed by atoms with Crippen LogP contribution in [0.5, 0.6) is 11.6 Å². The summed E-state index contributed by atoms with van der Waals surface area (Å²) in [7, 11) is 1.48. The number of hydrogen-bond donors (Lipinski definition) is 0. The topological polar surface area (TPSA) is 61.3 Å². The van der Waals surface area contributed by atoms with E-state index in [9.17, 15) is 4.79 Å². The van der Waals surface area contributed by atoms with Gasteiger partial charge in [-0.2, -0.15) is 0 Å². The highest BCUT2D eigenvalue weighted by molar-refractivity contribution is 5.98. The number of para-hydroxylation sites is 1. The van der Waals surface area contributed by atoms with E-state index >= 15 is 0 Å². The molecule has 0 fully saturated rings. The number of hydrogen-bond acceptors (Lipinski definition) is 5. The van der Waals surface area contributed by atoms with Crippen molar-refractivity contribution in [1.82, 2.24) is 9.97 Å². The van der Waals surface area contributed by atoms with E-state index in [4.69, 9.17) is 9.47 Å². The lowest BCUT2D eigenvalue weighted by Crippen LogP contribution is -2.29. The highest BCUT2D eigenvalue weighted by atomic mass is 16.5. The van der Waals surface area contributed by atoms with Crippen molar-refractivity contribution >= 4 is 5.78 Å². The van der Waals surface area contributed by atoms with Crippen LogP contribution in [0.4, 0.5) is 0 Å². The molecule has 0 bridgehead atoms. The molecule has 1 aromatic carbocycles. The summed E-state index contributed by atoms with van der Waals surface area (Å²) in [6.45, 7) is 0.357. The average molecular weight is 270 g/mol. The first-order valence-electron chi connectivity index (χ1n) is 6.39. The predicted molar refractivity (Wildman–Crippen MR) is 72.0 cm³/mol. The van der Waals surface area contributed by atoms with Crippen LogP contribution in [0.15, 0.2) is 36.7 Å². The lowest BCUT2D eigenvalue weighted by Gasteiger charge is -2.24. The summed E-state index contributed by atoms with van der Waals surface area (Å²) in [5, 5.41) is 0. The zero-order valence-electron chi connectivity index (χ0n) is 11.1. The second-order valence-electron chi connectivity index (χ2n) is 4.60. The van der Waals surface area contributed by atoms with Gasteiger partial charge in [0.2, 0.25) is 5.88 Å². The first-order valence-corrected chi connectivity index (χ1v) is 6.39. The number of benzene rings is 1. The first kappa shape index (κ1) is 12.6. The van der Waals surface area contributed by atoms with E-state index in [2.05, 4.69) is 9.97 Å². The fraction of sp³-hybridized carbons (Fsp3) is 0.267. The minimum atomic E-state index is -0.254. The summed E-state index contributed by atoms with van der Waals surface area (Å²) in [6.07, 6.45) is 3.64. The number of methoxy groups -OCH3 is 1. The Morgan fingerprint density at radius 2 is 2.10 bits per heavy atom. The number of rotatable bonds is 3. The van der Waals surface area contributed by atoms with E-state index in [1.54, 1.807) is 0 Å². The smallest absolute Gasteiger partial charge is 0.243 e. The molecule has 1 aliphatic heterocycles. The number of ether oxygens (including phenoxy) is 2. The Labute approximate surface area is 116 Å². The number of carbonyl (C=O) groups is 1. The van der Waals surface area contributed by atoms with Gasteiger partial charge >= 0.3 is 0 Å². The molecule has 0 radical (unpaired) electrons. The van der Waals surface area contributed by atoms with Crippen LogP contribution < -0.4 is 9.47 Å². The normalized spacial score (nSPS) is 16.9. The molecule has 0 saturated carbocycles. The maximum Gasteiger partial charge on any atom is 0.243 e. The van der Waals surface area contributed by atoms with E-state index < -0.39 is 0 Å². The molecule has 102 valence electrons. The quantitative estimate of drug-likeness (QED) is 0.797. The van der Waals surface area contributed by atoms with Crippen molar-refractivity contribution in [2.75, 3.05) is 13.7 Å². The van der Waals surface area contributed by atoms with Crippen LogP contribution in [0.25, 0.3) is 0 Å². The van der Waals surface area contributed by atoms with Crippen molar-refractivity contribution in [1.29, 1.82) is 0 Å². The van der Waals surface area contributed by atoms with Crippen LogP contribution in [0.3, 0.4) is 0 Å². The van der Waals surface area contributed by atoms with E-state index in [0.717, 1.165) is 11.3 Å². The second kappa shape index (κ2) is 5.28. The van der Waals surface area contributed by atoms with Crippen molar-refractivity contribution < 1.29 is 14.3 Å². The maximum atomic E-state index is 12.5. The van der Waals surface area contributed by atoms with Crippen LogP contribution in [0.2, 0.25) is 0 Å². The molecule has 5 nitrogen and oxygen atoms in total. The average Bonchev–Trinajstić information content (AvgIpc) is 2.53. The van der Waals surface area contributed by atoms with Crippen LogP contribution >= 0.6 is 0 Å². The van der Waals surface area contributed by atoms with Gasteiger partial charge in [-0.15, -0.1) is 0 Å². The van der Waals surface area contributed by atoms with Crippen LogP contribution in [0.1, 0.15) is 16.1 Å². The van der Waals surface area contributed by atoms with Gasteiger partial charge in [-0.3, -0.25) is 4.79 Å². The Morgan fingerprint density at radius 3 is 2.95 bits per heavy atom. The van der Waals surface area contributed by atoms with E-state index in [1.165, 1.54) is 19.5 Å². The maximum absolute atomic E-state index is 12.5. The van der Waals surface area contributed by atoms with Crippen molar-refractivity contribution in [3.63, 3.8) is 0 Å². The van der Waals surface area contributed by atoms with Gasteiger partial charge in [0.05, 0.1) is 19.6 Å². The second-order valence-corrected chi connectivity index (χ2v) is 4.60. The van der Waals surface area contributed by atoms with Gasteiger partial charge in [0.1, 0.15) is 5.75 Å². The molecule has 0 amide bonds. The zero-order chi connectivity index (χ0) is 13.9. The van der Waals surface area contributed by atoms with Gasteiger partial charge in [-0.1, -0.05) is 18.2 Å². The third kappa shape index (κ3) is 2.22. The van der Waals surface area contributed by atoms with Crippen molar-refractivity contribution in [3.8, 4) is 11.6 Å². The molecule has 2 heterocycles. The standard InChI is InChI=1S/C15H14N2O3/c1-19-15-13(16-6-7-17-15)14(18)11-8-10-4-2-3-5-12(10)20-9-11/h2-7,11H,8-9H2,1H3. The fourth-order valence-corrected chi connectivity index (χ4v) is 2.33. The summed E-state index contributed by atoms with van der Waals surface area (Å²) in [4.78, 5) is 20.6. The molecule has 5 heteroatoms. The van der Waals surface area contributed by atoms with Crippen LogP contribution in [-0.2, 0) is 6.42 Å². The summed E-state index contributed by atoms with van der Waals surface area (Å²) in [5.74, 6) is 0.763. The fourth-order valence-electron chi connectivity index (χ4n) is 2.33. The molecular formula is C15H14N2O3.